The van der Waals surface area contributed by atoms with Crippen molar-refractivity contribution in [3.05, 3.63) is 30.5 Å². The van der Waals surface area contributed by atoms with Crippen molar-refractivity contribution >= 4 is 22.5 Å². The van der Waals surface area contributed by atoms with Gasteiger partial charge in [0.1, 0.15) is 6.04 Å². The fourth-order valence-corrected chi connectivity index (χ4v) is 3.83. The number of carbonyl (C=O) groups excluding carboxylic acids is 1. The average Bonchev–Trinajstić information content (AvgIpc) is 3.08. The van der Waals surface area contributed by atoms with Crippen LogP contribution in [0.5, 0.6) is 0 Å². The number of fused-ring (bicyclic) bond motifs is 2. The number of H-pyrrole nitrogens is 1. The zero-order chi connectivity index (χ0) is 14.9. The van der Waals surface area contributed by atoms with Gasteiger partial charge < -0.3 is 10.3 Å². The molecule has 3 atom stereocenters. The molecule has 0 spiro atoms. The summed E-state index contributed by atoms with van der Waals surface area (Å²) in [7, 11) is 0. The summed E-state index contributed by atoms with van der Waals surface area (Å²) in [5, 5.41) is 4.18. The van der Waals surface area contributed by atoms with Crippen molar-refractivity contribution in [1.82, 2.24) is 15.8 Å². The Bertz CT molecular complexity index is 680. The molecule has 1 aliphatic heterocycles. The number of benzene rings is 1. The molecule has 4 rings (SSSR count). The van der Waals surface area contributed by atoms with Crippen LogP contribution in [0.15, 0.2) is 30.5 Å². The van der Waals surface area contributed by atoms with Crippen molar-refractivity contribution in [1.29, 1.82) is 0 Å². The first-order valence-electron chi connectivity index (χ1n) is 8.20. The van der Waals surface area contributed by atoms with E-state index in [1.54, 1.807) is 0 Å². The molecule has 1 aliphatic carbocycles. The summed E-state index contributed by atoms with van der Waals surface area (Å²) >= 11 is 0. The van der Waals surface area contributed by atoms with Gasteiger partial charge in [0.15, 0.2) is 0 Å². The lowest BCUT2D eigenvalue weighted by Gasteiger charge is -2.20. The number of rotatable bonds is 2. The molecule has 2 aliphatic rings. The van der Waals surface area contributed by atoms with Gasteiger partial charge in [-0.25, -0.2) is 5.43 Å². The molecule has 0 bridgehead atoms. The van der Waals surface area contributed by atoms with Gasteiger partial charge >= 0.3 is 0 Å². The van der Waals surface area contributed by atoms with E-state index in [0.29, 0.717) is 12.0 Å². The fraction of sp³-hybridized carbons (Fsp3) is 0.471. The van der Waals surface area contributed by atoms with Gasteiger partial charge in [0, 0.05) is 34.7 Å². The number of nitrogens with one attached hydrogen (secondary N) is 4. The highest BCUT2D eigenvalue weighted by molar-refractivity contribution is 5.97. The van der Waals surface area contributed by atoms with E-state index >= 15 is 0 Å². The Morgan fingerprint density at radius 3 is 2.95 bits per heavy atom. The summed E-state index contributed by atoms with van der Waals surface area (Å²) in [5.74, 6) is 0.468. The van der Waals surface area contributed by atoms with Crippen molar-refractivity contribution in [3.8, 4) is 0 Å². The van der Waals surface area contributed by atoms with Crippen LogP contribution in [0, 0.1) is 5.92 Å². The Balaban J connectivity index is 1.49. The second-order valence-electron chi connectivity index (χ2n) is 6.44. The number of hydrogen-bond donors (Lipinski definition) is 4. The standard InChI is InChI=1S/C17H22N4O/c22-17(16-13-4-2-1-3-5-15(13)20-21-16)19-12-6-7-14-11(10-12)8-9-18-14/h6-10,13,15-16,18,20-21H,1-5H2,(H,19,22). The SMILES string of the molecule is O=C(Nc1ccc2[nH]ccc2c1)C1NNC2CCCCCC21. The second kappa shape index (κ2) is 5.74. The van der Waals surface area contributed by atoms with Crippen molar-refractivity contribution in [2.24, 2.45) is 5.92 Å². The molecule has 5 heteroatoms. The van der Waals surface area contributed by atoms with E-state index < -0.39 is 0 Å². The lowest BCUT2D eigenvalue weighted by Crippen LogP contribution is -2.42. The molecule has 1 aromatic heterocycles. The molecule has 1 aromatic carbocycles. The first-order chi connectivity index (χ1) is 10.8. The highest BCUT2D eigenvalue weighted by atomic mass is 16.2. The predicted molar refractivity (Wildman–Crippen MR) is 87.4 cm³/mol. The van der Waals surface area contributed by atoms with Crippen molar-refractivity contribution in [2.75, 3.05) is 5.32 Å². The zero-order valence-electron chi connectivity index (χ0n) is 12.6. The minimum atomic E-state index is -0.134. The van der Waals surface area contributed by atoms with Crippen LogP contribution in [0.25, 0.3) is 10.9 Å². The van der Waals surface area contributed by atoms with E-state index in [9.17, 15) is 4.79 Å². The fourth-order valence-electron chi connectivity index (χ4n) is 3.83. The molecule has 2 aromatic rings. The quantitative estimate of drug-likeness (QED) is 0.689. The third-order valence-electron chi connectivity index (χ3n) is 5.03. The zero-order valence-corrected chi connectivity index (χ0v) is 12.6. The van der Waals surface area contributed by atoms with E-state index in [0.717, 1.165) is 29.4 Å². The van der Waals surface area contributed by atoms with Gasteiger partial charge in [0.2, 0.25) is 5.91 Å². The molecule has 2 fully saturated rings. The summed E-state index contributed by atoms with van der Waals surface area (Å²) in [5.41, 5.74) is 8.48. The summed E-state index contributed by atoms with van der Waals surface area (Å²) in [6, 6.07) is 8.28. The second-order valence-corrected chi connectivity index (χ2v) is 6.44. The van der Waals surface area contributed by atoms with Gasteiger partial charge in [-0.15, -0.1) is 0 Å². The molecule has 1 saturated heterocycles. The monoisotopic (exact) mass is 298 g/mol. The normalized spacial score (nSPS) is 28.3. The number of aromatic nitrogens is 1. The predicted octanol–water partition coefficient (Wildman–Crippen LogP) is 2.53. The first kappa shape index (κ1) is 13.8. The highest BCUT2D eigenvalue weighted by Crippen LogP contribution is 2.29. The summed E-state index contributed by atoms with van der Waals surface area (Å²) in [4.78, 5) is 15.8. The lowest BCUT2D eigenvalue weighted by molar-refractivity contribution is -0.118. The largest absolute Gasteiger partial charge is 0.361 e. The van der Waals surface area contributed by atoms with Crippen LogP contribution in [-0.4, -0.2) is 23.0 Å². The third kappa shape index (κ3) is 2.51. The van der Waals surface area contributed by atoms with Crippen LogP contribution in [0.2, 0.25) is 0 Å². The Hall–Kier alpha value is -1.85. The number of hydrogen-bond acceptors (Lipinski definition) is 3. The number of carbonyl (C=O) groups is 1. The number of amides is 1. The maximum atomic E-state index is 12.6. The van der Waals surface area contributed by atoms with E-state index in [4.69, 9.17) is 0 Å². The van der Waals surface area contributed by atoms with Gasteiger partial charge in [0.05, 0.1) is 0 Å². The van der Waals surface area contributed by atoms with Gasteiger partial charge in [-0.05, 0) is 37.1 Å². The summed E-state index contributed by atoms with van der Waals surface area (Å²) in [6.07, 6.45) is 7.97. The number of aromatic amines is 1. The third-order valence-corrected chi connectivity index (χ3v) is 5.03. The maximum absolute atomic E-state index is 12.6. The Labute approximate surface area is 129 Å². The average molecular weight is 298 g/mol. The molecule has 3 unspecified atom stereocenters. The van der Waals surface area contributed by atoms with Crippen LogP contribution in [0.3, 0.4) is 0 Å². The molecular formula is C17H22N4O. The highest BCUT2D eigenvalue weighted by Gasteiger charge is 2.40. The molecule has 1 saturated carbocycles. The van der Waals surface area contributed by atoms with Crippen LogP contribution in [0.4, 0.5) is 5.69 Å². The van der Waals surface area contributed by atoms with Crippen LogP contribution in [-0.2, 0) is 4.79 Å². The molecule has 22 heavy (non-hydrogen) atoms. The smallest absolute Gasteiger partial charge is 0.243 e. The van der Waals surface area contributed by atoms with Gasteiger partial charge in [0.25, 0.3) is 0 Å². The van der Waals surface area contributed by atoms with Gasteiger partial charge in [-0.2, -0.15) is 0 Å². The van der Waals surface area contributed by atoms with Crippen LogP contribution in [0.1, 0.15) is 32.1 Å². The molecule has 116 valence electrons. The summed E-state index contributed by atoms with van der Waals surface area (Å²) in [6.45, 7) is 0. The van der Waals surface area contributed by atoms with Gasteiger partial charge in [-0.1, -0.05) is 19.3 Å². The molecule has 1 amide bonds. The van der Waals surface area contributed by atoms with E-state index in [1.807, 2.05) is 30.5 Å². The Morgan fingerprint density at radius 2 is 2.00 bits per heavy atom. The lowest BCUT2D eigenvalue weighted by atomic mass is 9.89. The first-order valence-corrected chi connectivity index (χ1v) is 8.20. The Morgan fingerprint density at radius 1 is 1.09 bits per heavy atom. The van der Waals surface area contributed by atoms with Crippen molar-refractivity contribution < 1.29 is 4.79 Å². The van der Waals surface area contributed by atoms with E-state index in [-0.39, 0.29) is 11.9 Å². The molecular weight excluding hydrogens is 276 g/mol. The van der Waals surface area contributed by atoms with Crippen LogP contribution >= 0.6 is 0 Å². The van der Waals surface area contributed by atoms with Crippen molar-refractivity contribution in [3.63, 3.8) is 0 Å². The summed E-state index contributed by atoms with van der Waals surface area (Å²) < 4.78 is 0. The van der Waals surface area contributed by atoms with Crippen LogP contribution < -0.4 is 16.2 Å². The molecule has 0 radical (unpaired) electrons. The maximum Gasteiger partial charge on any atom is 0.243 e. The van der Waals surface area contributed by atoms with E-state index in [2.05, 4.69) is 21.2 Å². The topological polar surface area (TPSA) is 69.0 Å². The molecule has 2 heterocycles. The minimum absolute atomic E-state index is 0.0665. The number of anilines is 1. The number of hydrazine groups is 1. The van der Waals surface area contributed by atoms with Gasteiger partial charge in [-0.3, -0.25) is 10.2 Å². The Kier molecular flexibility index (Phi) is 3.60. The minimum Gasteiger partial charge on any atom is -0.361 e. The van der Waals surface area contributed by atoms with E-state index in [1.165, 1.54) is 19.3 Å². The molecule has 4 N–H and O–H groups in total. The molecule has 5 nitrogen and oxygen atoms in total. The van der Waals surface area contributed by atoms with Crippen molar-refractivity contribution in [2.45, 2.75) is 44.2 Å².